The fourth-order valence-electron chi connectivity index (χ4n) is 7.35. The zero-order valence-corrected chi connectivity index (χ0v) is 41.1. The van der Waals surface area contributed by atoms with Crippen LogP contribution in [0.3, 0.4) is 0 Å². The first kappa shape index (κ1) is 51.8. The van der Waals surface area contributed by atoms with E-state index in [2.05, 4.69) is 201 Å². The summed E-state index contributed by atoms with van der Waals surface area (Å²) in [6.07, 6.45) is 0. The van der Waals surface area contributed by atoms with Crippen molar-refractivity contribution >= 4 is 53.2 Å². The van der Waals surface area contributed by atoms with Crippen LogP contribution in [0.1, 0.15) is 116 Å². The van der Waals surface area contributed by atoms with Gasteiger partial charge in [0.05, 0.1) is 0 Å². The topological polar surface area (TPSA) is 0 Å². The van der Waals surface area contributed by atoms with Crippen molar-refractivity contribution in [2.24, 2.45) is 0 Å². The second-order valence-corrected chi connectivity index (χ2v) is 18.1. The molecule has 0 unspecified atom stereocenters. The van der Waals surface area contributed by atoms with E-state index in [0.717, 1.165) is 0 Å². The van der Waals surface area contributed by atoms with Crippen molar-refractivity contribution in [1.29, 1.82) is 0 Å². The number of rotatable bonds is 2. The van der Waals surface area contributed by atoms with Gasteiger partial charge in [-0.05, 0) is 43.9 Å². The molecule has 4 heteroatoms. The molecular formula is C50H66Cl2SiZr-4. The van der Waals surface area contributed by atoms with Gasteiger partial charge in [0.2, 0.25) is 0 Å². The zero-order chi connectivity index (χ0) is 37.4. The van der Waals surface area contributed by atoms with Gasteiger partial charge in [-0.1, -0.05) is 169 Å². The second kappa shape index (κ2) is 19.8. The van der Waals surface area contributed by atoms with Crippen LogP contribution in [0.15, 0.2) is 97.1 Å². The summed E-state index contributed by atoms with van der Waals surface area (Å²) in [7, 11) is 0. The first-order chi connectivity index (χ1) is 23.2. The van der Waals surface area contributed by atoms with Crippen LogP contribution in [-0.4, -0.2) is 6.88 Å². The average Bonchev–Trinajstić information content (AvgIpc) is 3.59. The van der Waals surface area contributed by atoms with Gasteiger partial charge in [0.25, 0.3) is 0 Å². The van der Waals surface area contributed by atoms with E-state index >= 15 is 0 Å². The first-order valence-corrected chi connectivity index (χ1v) is 22.2. The predicted molar refractivity (Wildman–Crippen MR) is 247 cm³/mol. The molecule has 292 valence electrons. The monoisotopic (exact) mass is 854 g/mol. The van der Waals surface area contributed by atoms with Crippen molar-refractivity contribution < 1.29 is 23.3 Å². The zero-order valence-electron chi connectivity index (χ0n) is 36.1. The Hall–Kier alpha value is -2.22. The molecular weight excluding hydrogens is 791 g/mol. The summed E-state index contributed by atoms with van der Waals surface area (Å²) in [6.45, 7) is 35.0. The molecule has 6 rings (SSSR count). The van der Waals surface area contributed by atoms with Gasteiger partial charge < -0.3 is 14.9 Å². The molecule has 0 bridgehead atoms. The van der Waals surface area contributed by atoms with Crippen LogP contribution >= 0.6 is 24.8 Å². The van der Waals surface area contributed by atoms with Gasteiger partial charge in [0.15, 0.2) is 0 Å². The van der Waals surface area contributed by atoms with E-state index in [4.69, 9.17) is 0 Å². The van der Waals surface area contributed by atoms with Crippen LogP contribution in [0.2, 0.25) is 0 Å². The number of benzene rings is 4. The Labute approximate surface area is 360 Å². The normalized spacial score (nSPS) is 11.4. The number of halogens is 2. The Morgan fingerprint density at radius 1 is 0.426 bits per heavy atom. The van der Waals surface area contributed by atoms with E-state index in [9.17, 15) is 0 Å². The van der Waals surface area contributed by atoms with Gasteiger partial charge in [-0.15, -0.1) is 93.9 Å². The maximum atomic E-state index is 3.06. The molecule has 0 aliphatic rings. The molecule has 2 radical (unpaired) electrons. The summed E-state index contributed by atoms with van der Waals surface area (Å²) < 4.78 is 0. The van der Waals surface area contributed by atoms with Crippen molar-refractivity contribution in [3.05, 3.63) is 145 Å². The maximum absolute atomic E-state index is 3.06. The molecule has 0 saturated carbocycles. The molecule has 0 nitrogen and oxygen atoms in total. The van der Waals surface area contributed by atoms with E-state index in [1.807, 2.05) is 0 Å². The van der Waals surface area contributed by atoms with Gasteiger partial charge in [-0.25, -0.2) is 0 Å². The Kier molecular flexibility index (Phi) is 19.0. The van der Waals surface area contributed by atoms with Gasteiger partial charge in [-0.2, -0.15) is 11.1 Å². The summed E-state index contributed by atoms with van der Waals surface area (Å²) in [5, 5.41) is 5.53. The molecule has 0 N–H and O–H groups in total. The fraction of sp³-hybridized carbons (Fsp3) is 0.360. The van der Waals surface area contributed by atoms with E-state index in [0.29, 0.717) is 0 Å². The van der Waals surface area contributed by atoms with E-state index in [1.54, 1.807) is 0 Å². The molecule has 0 aliphatic heterocycles. The molecule has 6 aromatic carbocycles. The summed E-state index contributed by atoms with van der Waals surface area (Å²) in [5.74, 6) is 0. The van der Waals surface area contributed by atoms with Gasteiger partial charge in [0, 0.05) is 0 Å². The van der Waals surface area contributed by atoms with E-state index in [-0.39, 0.29) is 61.3 Å². The van der Waals surface area contributed by atoms with Crippen LogP contribution in [0.5, 0.6) is 0 Å². The van der Waals surface area contributed by atoms with Crippen LogP contribution in [-0.2, 0) is 45.0 Å². The molecule has 0 spiro atoms. The standard InChI is InChI=1S/2C24H29.2CH3.2ClH.Si.Zr/c2*1-16-21(24(5,6)7)15-18-9-8-10-20(22(16)18)17-11-13-19(14-12-17)23(2,3)4;;;;;;/h2*8-15H,1-7H3;2*1H3;2*1H;;/q4*-1;;;;. The molecule has 6 aromatic rings. The van der Waals surface area contributed by atoms with Crippen molar-refractivity contribution in [1.82, 2.24) is 0 Å². The molecule has 0 aromatic heterocycles. The molecule has 0 saturated heterocycles. The van der Waals surface area contributed by atoms with Crippen LogP contribution < -0.4 is 0 Å². The molecule has 0 heterocycles. The quantitative estimate of drug-likeness (QED) is 0.120. The third-order valence-electron chi connectivity index (χ3n) is 10.1. The minimum absolute atomic E-state index is 0. The Morgan fingerprint density at radius 2 is 0.704 bits per heavy atom. The second-order valence-electron chi connectivity index (χ2n) is 18.1. The molecule has 54 heavy (non-hydrogen) atoms. The number of aryl methyl sites for hydroxylation is 2. The minimum atomic E-state index is 0. The van der Waals surface area contributed by atoms with E-state index in [1.165, 1.54) is 101 Å². The number of hydrogen-bond acceptors (Lipinski definition) is 0. The van der Waals surface area contributed by atoms with Crippen LogP contribution in [0.4, 0.5) is 0 Å². The number of fused-ring (bicyclic) bond motifs is 2. The molecule has 0 atom stereocenters. The summed E-state index contributed by atoms with van der Waals surface area (Å²) >= 11 is 1.36. The Balaban J connectivity index is 0.000000929. The Morgan fingerprint density at radius 3 is 0.944 bits per heavy atom. The fourth-order valence-corrected chi connectivity index (χ4v) is 7.35. The number of hydrogen-bond donors (Lipinski definition) is 0. The van der Waals surface area contributed by atoms with Gasteiger partial charge in [0.1, 0.15) is 0 Å². The van der Waals surface area contributed by atoms with Crippen molar-refractivity contribution in [3.63, 3.8) is 0 Å². The average molecular weight is 857 g/mol. The van der Waals surface area contributed by atoms with Crippen molar-refractivity contribution in [2.75, 3.05) is 0 Å². The SMILES string of the molecule is Cc1c(C(C)(C)C)[cH-]c2cccc(-c3ccc(C(C)(C)C)cc3)c12.Cc1c(C(C)(C)C)[cH-]c2cccc(-c3ccc(C(C)(C)C)cc3)c12.Cl.Cl.[CH3-].[CH3-].[Si]=[Zr]. The van der Waals surface area contributed by atoms with Crippen LogP contribution in [0, 0.1) is 28.7 Å². The third kappa shape index (κ3) is 11.4. The van der Waals surface area contributed by atoms with Gasteiger partial charge in [-0.3, -0.25) is 0 Å². The summed E-state index contributed by atoms with van der Waals surface area (Å²) in [5.41, 5.74) is 14.6. The van der Waals surface area contributed by atoms with Crippen molar-refractivity contribution in [2.45, 2.75) is 119 Å². The third-order valence-corrected chi connectivity index (χ3v) is 10.1. The Bertz CT molecular complexity index is 1910. The van der Waals surface area contributed by atoms with Crippen molar-refractivity contribution in [3.8, 4) is 22.3 Å². The molecule has 0 amide bonds. The summed E-state index contributed by atoms with van der Waals surface area (Å²) in [4.78, 5) is 0. The predicted octanol–water partition coefficient (Wildman–Crippen LogP) is 15.6. The molecule has 0 fully saturated rings. The first-order valence-electron chi connectivity index (χ1n) is 18.0. The van der Waals surface area contributed by atoms with E-state index < -0.39 is 0 Å². The van der Waals surface area contributed by atoms with Crippen LogP contribution in [0.25, 0.3) is 43.8 Å². The molecule has 0 aliphatic carbocycles. The summed E-state index contributed by atoms with van der Waals surface area (Å²) in [6, 6.07) is 36.3. The van der Waals surface area contributed by atoms with Gasteiger partial charge >= 0.3 is 30.2 Å².